The van der Waals surface area contributed by atoms with Crippen molar-refractivity contribution in [3.63, 3.8) is 0 Å². The number of carbonyl (C=O) groups excluding carboxylic acids is 6. The Labute approximate surface area is 337 Å². The Morgan fingerprint density at radius 1 is 0.732 bits per heavy atom. The van der Waals surface area contributed by atoms with Crippen molar-refractivity contribution >= 4 is 69.4 Å². The number of nitrogens with one attached hydrogen (secondary N) is 5. The van der Waals surface area contributed by atoms with Gasteiger partial charge in [0.05, 0.1) is 28.3 Å². The van der Waals surface area contributed by atoms with Crippen LogP contribution < -0.4 is 32.3 Å². The molecule has 0 fully saturated rings. The first-order valence-corrected chi connectivity index (χ1v) is 21.0. The predicted molar refractivity (Wildman–Crippen MR) is 219 cm³/mol. The summed E-state index contributed by atoms with van der Waals surface area (Å²) in [5.74, 6) is -2.96. The van der Waals surface area contributed by atoms with Crippen LogP contribution in [0.15, 0.2) is 40.3 Å². The van der Waals surface area contributed by atoms with Crippen LogP contribution >= 0.6 is 23.5 Å². The molecule has 56 heavy (non-hydrogen) atoms. The number of aliphatic imine (C=N–C) groups is 2. The first kappa shape index (κ1) is 46.5. The summed E-state index contributed by atoms with van der Waals surface area (Å²) in [5.41, 5.74) is 6.78. The number of thioether (sulfide) groups is 2. The smallest absolute Gasteiger partial charge is 0.246 e. The second-order valence-electron chi connectivity index (χ2n) is 14.5. The SMILES string of the molecule is CC[C@H](C)[C@H](NC(=O)C1CSC([C@@H](C)N)=N1)C(=O)N[C@H](C(=O)N[C@H](Cc1ccccc1)C1=NC(C(=O)N[C@H](C(=O)N[C@H](C=O)[C@@H](C)O)[C@@H](C)CC)CS1)[C@@H](C)O. The Morgan fingerprint density at radius 2 is 1.21 bits per heavy atom. The minimum Gasteiger partial charge on any atom is -0.391 e. The van der Waals surface area contributed by atoms with E-state index in [-0.39, 0.29) is 30.1 Å². The molecule has 2 aliphatic rings. The Kier molecular flexibility index (Phi) is 18.4. The molecule has 3 rings (SSSR count). The minimum atomic E-state index is -1.41. The molecule has 18 heteroatoms. The van der Waals surface area contributed by atoms with Crippen LogP contribution in [0.1, 0.15) is 66.9 Å². The second-order valence-corrected chi connectivity index (χ2v) is 16.6. The maximum Gasteiger partial charge on any atom is 0.246 e. The van der Waals surface area contributed by atoms with Crippen molar-refractivity contribution in [3.8, 4) is 0 Å². The molecular formula is C38H58N8O8S2. The van der Waals surface area contributed by atoms with Crippen LogP contribution in [0.3, 0.4) is 0 Å². The van der Waals surface area contributed by atoms with Crippen LogP contribution in [-0.2, 0) is 35.2 Å². The van der Waals surface area contributed by atoms with Crippen LogP contribution in [0.2, 0.25) is 0 Å². The van der Waals surface area contributed by atoms with Crippen molar-refractivity contribution in [2.75, 3.05) is 11.5 Å². The van der Waals surface area contributed by atoms with Gasteiger partial charge in [-0.2, -0.15) is 0 Å². The average molecular weight is 819 g/mol. The predicted octanol–water partition coefficient (Wildman–Crippen LogP) is 0.0808. The molecule has 2 aliphatic heterocycles. The lowest BCUT2D eigenvalue weighted by Crippen LogP contribution is -2.60. The summed E-state index contributed by atoms with van der Waals surface area (Å²) in [4.78, 5) is 88.1. The third kappa shape index (κ3) is 13.1. The summed E-state index contributed by atoms with van der Waals surface area (Å²) in [6.45, 7) is 11.8. The molecule has 0 aliphatic carbocycles. The number of aliphatic hydroxyl groups is 2. The fourth-order valence-electron chi connectivity index (χ4n) is 5.88. The number of carbonyl (C=O) groups is 6. The van der Waals surface area contributed by atoms with Gasteiger partial charge in [0.2, 0.25) is 29.5 Å². The van der Waals surface area contributed by atoms with Crippen molar-refractivity contribution in [2.24, 2.45) is 27.6 Å². The Bertz CT molecular complexity index is 1590. The highest BCUT2D eigenvalue weighted by molar-refractivity contribution is 8.14. The Balaban J connectivity index is 1.81. The zero-order chi connectivity index (χ0) is 41.7. The molecule has 2 unspecified atom stereocenters. The number of hydrogen-bond acceptors (Lipinski definition) is 13. The lowest BCUT2D eigenvalue weighted by molar-refractivity contribution is -0.135. The van der Waals surface area contributed by atoms with E-state index in [4.69, 9.17) is 5.73 Å². The third-order valence-electron chi connectivity index (χ3n) is 9.86. The molecule has 9 N–H and O–H groups in total. The van der Waals surface area contributed by atoms with Crippen molar-refractivity contribution < 1.29 is 39.0 Å². The van der Waals surface area contributed by atoms with Crippen LogP contribution in [0.25, 0.3) is 0 Å². The maximum atomic E-state index is 13.9. The first-order chi connectivity index (χ1) is 26.5. The molecule has 310 valence electrons. The Morgan fingerprint density at radius 3 is 1.66 bits per heavy atom. The van der Waals surface area contributed by atoms with Crippen molar-refractivity contribution in [1.29, 1.82) is 0 Å². The summed E-state index contributed by atoms with van der Waals surface area (Å²) in [7, 11) is 0. The van der Waals surface area contributed by atoms with Crippen molar-refractivity contribution in [3.05, 3.63) is 35.9 Å². The number of benzene rings is 1. The van der Waals surface area contributed by atoms with Crippen LogP contribution in [-0.4, -0.2) is 128 Å². The molecule has 0 saturated carbocycles. The van der Waals surface area contributed by atoms with Crippen molar-refractivity contribution in [1.82, 2.24) is 26.6 Å². The number of hydrogen-bond donors (Lipinski definition) is 8. The van der Waals surface area contributed by atoms with Gasteiger partial charge in [-0.1, -0.05) is 70.9 Å². The van der Waals surface area contributed by atoms with Gasteiger partial charge in [0, 0.05) is 17.5 Å². The molecule has 16 nitrogen and oxygen atoms in total. The average Bonchev–Trinajstić information content (AvgIpc) is 3.88. The fraction of sp³-hybridized carbons (Fsp3) is 0.632. The molecule has 0 saturated heterocycles. The topological polar surface area (TPSA) is 254 Å². The highest BCUT2D eigenvalue weighted by Crippen LogP contribution is 2.24. The molecule has 12 atom stereocenters. The van der Waals surface area contributed by atoms with E-state index < -0.39 is 84.0 Å². The molecule has 5 amide bonds. The summed E-state index contributed by atoms with van der Waals surface area (Å²) in [6, 6.07) is 1.99. The second kappa shape index (κ2) is 22.2. The van der Waals surface area contributed by atoms with Gasteiger partial charge < -0.3 is 47.3 Å². The number of rotatable bonds is 21. The molecule has 2 heterocycles. The quantitative estimate of drug-likeness (QED) is 0.0772. The normalized spacial score (nSPS) is 22.0. The van der Waals surface area contributed by atoms with E-state index in [2.05, 4.69) is 36.6 Å². The van der Waals surface area contributed by atoms with Gasteiger partial charge in [-0.15, -0.1) is 23.5 Å². The lowest BCUT2D eigenvalue weighted by Gasteiger charge is -2.29. The van der Waals surface area contributed by atoms with Crippen LogP contribution in [0.4, 0.5) is 0 Å². The lowest BCUT2D eigenvalue weighted by atomic mass is 9.97. The zero-order valence-electron chi connectivity index (χ0n) is 33.1. The summed E-state index contributed by atoms with van der Waals surface area (Å²) in [6.07, 6.45) is -0.689. The van der Waals surface area contributed by atoms with Crippen LogP contribution in [0.5, 0.6) is 0 Å². The monoisotopic (exact) mass is 818 g/mol. The van der Waals surface area contributed by atoms with E-state index in [9.17, 15) is 39.0 Å². The highest BCUT2D eigenvalue weighted by Gasteiger charge is 2.38. The summed E-state index contributed by atoms with van der Waals surface area (Å²) >= 11 is 2.65. The number of aldehydes is 1. The molecule has 1 aromatic rings. The summed E-state index contributed by atoms with van der Waals surface area (Å²) in [5, 5.41) is 35.3. The van der Waals surface area contributed by atoms with E-state index in [1.54, 1.807) is 20.8 Å². The number of amides is 5. The molecule has 0 spiro atoms. The minimum absolute atomic E-state index is 0.212. The van der Waals surface area contributed by atoms with Gasteiger partial charge in [-0.3, -0.25) is 34.0 Å². The van der Waals surface area contributed by atoms with Gasteiger partial charge in [0.25, 0.3) is 0 Å². The molecule has 0 radical (unpaired) electrons. The van der Waals surface area contributed by atoms with Crippen LogP contribution in [0, 0.1) is 11.8 Å². The van der Waals surface area contributed by atoms with E-state index >= 15 is 0 Å². The van der Waals surface area contributed by atoms with Crippen molar-refractivity contribution in [2.45, 2.75) is 128 Å². The standard InChI is InChI=1S/C38H58N8O8S2/c1-8-19(3)29(34(52)41-26(16-47)22(6)48)44-33(51)28-18-56-38(43-28)25(15-24-13-11-10-12-14-24)40-36(54)31(23(7)49)46-35(53)30(20(4)9-2)45-32(50)27-17-55-37(42-27)21(5)39/h10-14,16,19-23,25-31,48-49H,8-9,15,17-18,39H2,1-7H3,(H,40,54)(H,41,52)(H,44,51)(H,45,50)(H,46,53)/t19-,20-,21+,22+,23+,25+,26+,27?,28?,29-,30-,31-/m0/s1. The Hall–Kier alpha value is -3.84. The third-order valence-corrected chi connectivity index (χ3v) is 12.3. The summed E-state index contributed by atoms with van der Waals surface area (Å²) < 4.78 is 0. The van der Waals surface area contributed by atoms with Gasteiger partial charge in [0.1, 0.15) is 42.5 Å². The maximum absolute atomic E-state index is 13.9. The zero-order valence-corrected chi connectivity index (χ0v) is 34.7. The van der Waals surface area contributed by atoms with E-state index in [1.807, 2.05) is 44.2 Å². The molecule has 1 aromatic carbocycles. The first-order valence-electron chi connectivity index (χ1n) is 19.0. The molecule has 0 aromatic heterocycles. The van der Waals surface area contributed by atoms with Gasteiger partial charge >= 0.3 is 0 Å². The van der Waals surface area contributed by atoms with Gasteiger partial charge in [-0.25, -0.2) is 0 Å². The highest BCUT2D eigenvalue weighted by atomic mass is 32.2. The molecule has 0 bridgehead atoms. The number of aliphatic hydroxyl groups excluding tert-OH is 2. The van der Waals surface area contributed by atoms with E-state index in [1.165, 1.54) is 37.4 Å². The fourth-order valence-corrected chi connectivity index (χ4v) is 8.00. The number of nitrogens with two attached hydrogens (primary N) is 1. The molecular weight excluding hydrogens is 761 g/mol. The van der Waals surface area contributed by atoms with E-state index in [0.717, 1.165) is 5.56 Å². The largest absolute Gasteiger partial charge is 0.391 e. The van der Waals surface area contributed by atoms with E-state index in [0.29, 0.717) is 35.0 Å². The van der Waals surface area contributed by atoms with Gasteiger partial charge in [0.15, 0.2) is 0 Å². The number of nitrogens with zero attached hydrogens (tertiary/aromatic N) is 2. The van der Waals surface area contributed by atoms with Gasteiger partial charge in [-0.05, 0) is 44.6 Å².